The van der Waals surface area contributed by atoms with Gasteiger partial charge in [0.15, 0.2) is 0 Å². The monoisotopic (exact) mass is 289 g/mol. The fourth-order valence-corrected chi connectivity index (χ4v) is 1.99. The summed E-state index contributed by atoms with van der Waals surface area (Å²) >= 11 is 3.45. The van der Waals surface area contributed by atoms with Gasteiger partial charge < -0.3 is 5.32 Å². The van der Waals surface area contributed by atoms with E-state index in [0.29, 0.717) is 0 Å². The van der Waals surface area contributed by atoms with Crippen LogP contribution in [0.2, 0.25) is 0 Å². The molecule has 0 aliphatic rings. The first-order valence-electron chi connectivity index (χ1n) is 5.85. The van der Waals surface area contributed by atoms with Gasteiger partial charge in [-0.25, -0.2) is 0 Å². The lowest BCUT2D eigenvalue weighted by Crippen LogP contribution is -2.11. The lowest BCUT2D eigenvalue weighted by molar-refractivity contribution is 0.727. The third-order valence-electron chi connectivity index (χ3n) is 2.71. The minimum Gasteiger partial charge on any atom is -0.313 e. The molecule has 0 atom stereocenters. The summed E-state index contributed by atoms with van der Waals surface area (Å²) in [7, 11) is 0. The fourth-order valence-electron chi connectivity index (χ4n) is 1.73. The molecule has 17 heavy (non-hydrogen) atoms. The number of hydrogen-bond donors (Lipinski definition) is 1. The van der Waals surface area contributed by atoms with Crippen molar-refractivity contribution in [2.45, 2.75) is 13.5 Å². The normalized spacial score (nSPS) is 10.5. The van der Waals surface area contributed by atoms with Gasteiger partial charge in [-0.2, -0.15) is 0 Å². The molecule has 88 valence electrons. The number of benzene rings is 2. The molecule has 2 aromatic carbocycles. The molecular formula is C15H16BrN. The molecule has 2 aromatic rings. The Bertz CT molecular complexity index is 459. The number of nitrogens with one attached hydrogen (secondary N) is 1. The van der Waals surface area contributed by atoms with E-state index < -0.39 is 0 Å². The summed E-state index contributed by atoms with van der Waals surface area (Å²) in [6.07, 6.45) is 0. The Morgan fingerprint density at radius 1 is 0.882 bits per heavy atom. The maximum Gasteiger partial charge on any atom is 0.0205 e. The summed E-state index contributed by atoms with van der Waals surface area (Å²) in [5, 5.41) is 3.33. The van der Waals surface area contributed by atoms with Crippen LogP contribution in [0.1, 0.15) is 12.5 Å². The van der Waals surface area contributed by atoms with Gasteiger partial charge in [0, 0.05) is 11.0 Å². The molecule has 0 aliphatic heterocycles. The van der Waals surface area contributed by atoms with Crippen molar-refractivity contribution in [2.24, 2.45) is 0 Å². The van der Waals surface area contributed by atoms with Gasteiger partial charge in [0.05, 0.1) is 0 Å². The second-order valence-corrected chi connectivity index (χ2v) is 4.90. The summed E-state index contributed by atoms with van der Waals surface area (Å²) < 4.78 is 1.12. The van der Waals surface area contributed by atoms with Crippen LogP contribution in [0.15, 0.2) is 53.0 Å². The van der Waals surface area contributed by atoms with Gasteiger partial charge in [-0.3, -0.25) is 0 Å². The van der Waals surface area contributed by atoms with Crippen LogP contribution < -0.4 is 5.32 Å². The van der Waals surface area contributed by atoms with Gasteiger partial charge >= 0.3 is 0 Å². The fraction of sp³-hybridized carbons (Fsp3) is 0.200. The molecule has 0 fully saturated rings. The quantitative estimate of drug-likeness (QED) is 0.888. The molecule has 0 amide bonds. The second-order valence-electron chi connectivity index (χ2n) is 3.98. The zero-order valence-electron chi connectivity index (χ0n) is 9.91. The number of hydrogen-bond acceptors (Lipinski definition) is 1. The first-order valence-corrected chi connectivity index (χ1v) is 6.64. The third-order valence-corrected chi connectivity index (χ3v) is 3.24. The van der Waals surface area contributed by atoms with E-state index in [1.807, 2.05) is 0 Å². The van der Waals surface area contributed by atoms with Crippen molar-refractivity contribution in [3.05, 3.63) is 58.6 Å². The molecule has 0 radical (unpaired) electrons. The molecule has 0 aliphatic carbocycles. The maximum absolute atomic E-state index is 3.45. The summed E-state index contributed by atoms with van der Waals surface area (Å²) in [6, 6.07) is 17.1. The van der Waals surface area contributed by atoms with Crippen LogP contribution in [0.25, 0.3) is 11.1 Å². The van der Waals surface area contributed by atoms with Crippen molar-refractivity contribution in [1.29, 1.82) is 0 Å². The molecular weight excluding hydrogens is 274 g/mol. The third kappa shape index (κ3) is 3.42. The molecule has 0 bridgehead atoms. The standard InChI is InChI=1S/C15H16BrN/c1-2-17-11-12-3-5-13(6-4-12)14-7-9-15(16)10-8-14/h3-10,17H,2,11H2,1H3. The SMILES string of the molecule is CCNCc1ccc(-c2ccc(Br)cc2)cc1. The van der Waals surface area contributed by atoms with Crippen LogP contribution in [-0.2, 0) is 6.54 Å². The van der Waals surface area contributed by atoms with Crippen LogP contribution in [-0.4, -0.2) is 6.54 Å². The van der Waals surface area contributed by atoms with Crippen molar-refractivity contribution >= 4 is 15.9 Å². The minimum atomic E-state index is 0.942. The molecule has 0 unspecified atom stereocenters. The predicted molar refractivity (Wildman–Crippen MR) is 77.0 cm³/mol. The molecule has 0 aromatic heterocycles. The first-order chi connectivity index (χ1) is 8.29. The predicted octanol–water partition coefficient (Wildman–Crippen LogP) is 4.23. The highest BCUT2D eigenvalue weighted by Gasteiger charge is 1.98. The number of halogens is 1. The molecule has 1 nitrogen and oxygen atoms in total. The molecule has 0 saturated heterocycles. The highest BCUT2D eigenvalue weighted by molar-refractivity contribution is 9.10. The highest BCUT2D eigenvalue weighted by atomic mass is 79.9. The Labute approximate surface area is 111 Å². The van der Waals surface area contributed by atoms with Crippen molar-refractivity contribution < 1.29 is 0 Å². The summed E-state index contributed by atoms with van der Waals surface area (Å²) in [4.78, 5) is 0. The van der Waals surface area contributed by atoms with E-state index in [9.17, 15) is 0 Å². The molecule has 1 N–H and O–H groups in total. The molecule has 2 heteroatoms. The van der Waals surface area contributed by atoms with Gasteiger partial charge in [0.2, 0.25) is 0 Å². The van der Waals surface area contributed by atoms with Gasteiger partial charge in [-0.1, -0.05) is 59.3 Å². The zero-order chi connectivity index (χ0) is 12.1. The Balaban J connectivity index is 2.14. The van der Waals surface area contributed by atoms with E-state index >= 15 is 0 Å². The van der Waals surface area contributed by atoms with Gasteiger partial charge in [0.1, 0.15) is 0 Å². The average molecular weight is 290 g/mol. The maximum atomic E-state index is 3.45. The zero-order valence-corrected chi connectivity index (χ0v) is 11.5. The summed E-state index contributed by atoms with van der Waals surface area (Å²) in [6.45, 7) is 4.07. The Hall–Kier alpha value is -1.12. The molecule has 0 spiro atoms. The largest absolute Gasteiger partial charge is 0.313 e. The van der Waals surface area contributed by atoms with Gasteiger partial charge in [0.25, 0.3) is 0 Å². The van der Waals surface area contributed by atoms with Crippen LogP contribution in [0, 0.1) is 0 Å². The van der Waals surface area contributed by atoms with E-state index in [2.05, 4.69) is 76.7 Å². The van der Waals surface area contributed by atoms with Crippen LogP contribution >= 0.6 is 15.9 Å². The van der Waals surface area contributed by atoms with E-state index in [4.69, 9.17) is 0 Å². The minimum absolute atomic E-state index is 0.942. The highest BCUT2D eigenvalue weighted by Crippen LogP contribution is 2.22. The smallest absolute Gasteiger partial charge is 0.0205 e. The summed E-state index contributed by atoms with van der Waals surface area (Å²) in [5.74, 6) is 0. The average Bonchev–Trinajstić information content (AvgIpc) is 2.38. The van der Waals surface area contributed by atoms with Crippen molar-refractivity contribution in [3.63, 3.8) is 0 Å². The Kier molecular flexibility index (Phi) is 4.35. The van der Waals surface area contributed by atoms with E-state index in [1.54, 1.807) is 0 Å². The van der Waals surface area contributed by atoms with Crippen LogP contribution in [0.3, 0.4) is 0 Å². The van der Waals surface area contributed by atoms with Crippen LogP contribution in [0.4, 0.5) is 0 Å². The van der Waals surface area contributed by atoms with Crippen molar-refractivity contribution in [3.8, 4) is 11.1 Å². The van der Waals surface area contributed by atoms with Crippen molar-refractivity contribution in [2.75, 3.05) is 6.54 Å². The van der Waals surface area contributed by atoms with E-state index in [1.165, 1.54) is 16.7 Å². The lowest BCUT2D eigenvalue weighted by Gasteiger charge is -2.05. The molecule has 0 saturated carbocycles. The molecule has 2 rings (SSSR count). The first kappa shape index (κ1) is 12.3. The van der Waals surface area contributed by atoms with E-state index in [0.717, 1.165) is 17.6 Å². The number of rotatable bonds is 4. The Morgan fingerprint density at radius 2 is 1.41 bits per heavy atom. The second kappa shape index (κ2) is 5.99. The lowest BCUT2D eigenvalue weighted by atomic mass is 10.0. The van der Waals surface area contributed by atoms with Crippen LogP contribution in [0.5, 0.6) is 0 Å². The Morgan fingerprint density at radius 3 is 1.94 bits per heavy atom. The topological polar surface area (TPSA) is 12.0 Å². The summed E-state index contributed by atoms with van der Waals surface area (Å²) in [5.41, 5.74) is 3.84. The van der Waals surface area contributed by atoms with E-state index in [-0.39, 0.29) is 0 Å². The van der Waals surface area contributed by atoms with Crippen molar-refractivity contribution in [1.82, 2.24) is 5.32 Å². The molecule has 0 heterocycles. The van der Waals surface area contributed by atoms with Gasteiger partial charge in [-0.05, 0) is 35.4 Å². The van der Waals surface area contributed by atoms with Gasteiger partial charge in [-0.15, -0.1) is 0 Å².